The second kappa shape index (κ2) is 7.05. The first-order valence-corrected chi connectivity index (χ1v) is 8.58. The fourth-order valence-electron chi connectivity index (χ4n) is 2.87. The summed E-state index contributed by atoms with van der Waals surface area (Å²) in [6.45, 7) is 6.88. The summed E-state index contributed by atoms with van der Waals surface area (Å²) in [7, 11) is 2.93. The first kappa shape index (κ1) is 20.5. The molecule has 0 radical (unpaired) electrons. The van der Waals surface area contributed by atoms with Crippen LogP contribution in [-0.4, -0.2) is 38.9 Å². The molecule has 27 heavy (non-hydrogen) atoms. The number of carbonyl (C=O) groups is 2. The molecule has 148 valence electrons. The molecule has 0 saturated heterocycles. The van der Waals surface area contributed by atoms with Gasteiger partial charge in [0.25, 0.3) is 0 Å². The van der Waals surface area contributed by atoms with E-state index >= 15 is 0 Å². The van der Waals surface area contributed by atoms with Gasteiger partial charge in [-0.25, -0.2) is 9.59 Å². The largest absolute Gasteiger partial charge is 0.464 e. The van der Waals surface area contributed by atoms with Crippen molar-refractivity contribution in [3.8, 4) is 0 Å². The number of nitrogens with one attached hydrogen (secondary N) is 1. The molecule has 0 fully saturated rings. The molecule has 1 unspecified atom stereocenters. The Kier molecular flexibility index (Phi) is 5.35. The summed E-state index contributed by atoms with van der Waals surface area (Å²) in [5, 5.41) is 2.57. The third-order valence-electron chi connectivity index (χ3n) is 4.19. The van der Waals surface area contributed by atoms with Crippen LogP contribution in [-0.2, 0) is 34.8 Å². The topological polar surface area (TPSA) is 109 Å². The Bertz CT molecular complexity index is 919. The zero-order chi connectivity index (χ0) is 20.6. The fourth-order valence-corrected chi connectivity index (χ4v) is 2.87. The first-order chi connectivity index (χ1) is 12.4. The molecule has 0 aromatic carbocycles. The number of amides is 1. The van der Waals surface area contributed by atoms with Crippen LogP contribution in [0.2, 0.25) is 0 Å². The molecule has 1 amide bonds. The van der Waals surface area contributed by atoms with Crippen LogP contribution >= 0.6 is 0 Å². The molecule has 9 nitrogen and oxygen atoms in total. The number of hydrogen-bond donors (Lipinski definition) is 1. The van der Waals surface area contributed by atoms with Crippen LogP contribution in [0.4, 0.5) is 4.79 Å². The van der Waals surface area contributed by atoms with Gasteiger partial charge >= 0.3 is 23.2 Å². The van der Waals surface area contributed by atoms with Crippen LogP contribution in [0, 0.1) is 0 Å². The maximum absolute atomic E-state index is 12.7. The molecule has 0 bridgehead atoms. The zero-order valence-corrected chi connectivity index (χ0v) is 16.4. The molecular formula is C18H25N3O6. The van der Waals surface area contributed by atoms with E-state index in [1.54, 1.807) is 27.7 Å². The average molecular weight is 379 g/mol. The molecule has 1 aliphatic carbocycles. The number of aromatic nitrogens is 2. The lowest BCUT2D eigenvalue weighted by Crippen LogP contribution is -2.58. The number of alkyl carbamates (subject to hydrolysis) is 1. The van der Waals surface area contributed by atoms with Crippen molar-refractivity contribution in [2.75, 3.05) is 6.61 Å². The molecule has 1 N–H and O–H groups in total. The van der Waals surface area contributed by atoms with Crippen molar-refractivity contribution in [1.82, 2.24) is 14.5 Å². The van der Waals surface area contributed by atoms with E-state index in [2.05, 4.69) is 5.32 Å². The van der Waals surface area contributed by atoms with Crippen LogP contribution in [0.1, 0.15) is 39.1 Å². The van der Waals surface area contributed by atoms with Crippen LogP contribution in [0.3, 0.4) is 0 Å². The number of nitrogens with zero attached hydrogens (tertiary/aromatic N) is 2. The molecule has 1 aliphatic rings. The van der Waals surface area contributed by atoms with Crippen molar-refractivity contribution in [2.45, 2.75) is 45.3 Å². The van der Waals surface area contributed by atoms with Gasteiger partial charge in [0.1, 0.15) is 5.60 Å². The summed E-state index contributed by atoms with van der Waals surface area (Å²) in [5.41, 5.74) is -2.80. The molecule has 2 rings (SSSR count). The summed E-state index contributed by atoms with van der Waals surface area (Å²) in [5.74, 6) is -0.681. The number of hydrogen-bond acceptors (Lipinski definition) is 6. The lowest BCUT2D eigenvalue weighted by Gasteiger charge is -2.34. The molecule has 0 saturated carbocycles. The average Bonchev–Trinajstić information content (AvgIpc) is 2.56. The number of ether oxygens (including phenoxy) is 2. The Morgan fingerprint density at radius 1 is 1.19 bits per heavy atom. The number of esters is 1. The Morgan fingerprint density at radius 2 is 1.78 bits per heavy atom. The van der Waals surface area contributed by atoms with E-state index in [-0.39, 0.29) is 13.0 Å². The van der Waals surface area contributed by atoms with Crippen molar-refractivity contribution >= 4 is 18.1 Å². The van der Waals surface area contributed by atoms with Gasteiger partial charge in [0.2, 0.25) is 0 Å². The SMILES string of the molecule is CCOC(=O)C1(NC(=O)OC(C)(C)C)C=Cc2c(n(C)c(=O)c(=O)n2C)C1. The van der Waals surface area contributed by atoms with Gasteiger partial charge in [-0.15, -0.1) is 0 Å². The fraction of sp³-hybridized carbons (Fsp3) is 0.556. The molecule has 1 heterocycles. The van der Waals surface area contributed by atoms with Gasteiger partial charge in [0.15, 0.2) is 5.54 Å². The molecule has 9 heteroatoms. The highest BCUT2D eigenvalue weighted by atomic mass is 16.6. The van der Waals surface area contributed by atoms with E-state index in [4.69, 9.17) is 9.47 Å². The summed E-state index contributed by atoms with van der Waals surface area (Å²) in [4.78, 5) is 49.2. The Labute approximate surface area is 156 Å². The standard InChI is InChI=1S/C18H25N3O6/c1-7-26-15(24)18(19-16(25)27-17(2,3)4)9-8-11-12(10-18)21(6)14(23)13(22)20(11)5/h8-9H,7,10H2,1-6H3,(H,19,25). The third-order valence-corrected chi connectivity index (χ3v) is 4.19. The van der Waals surface area contributed by atoms with E-state index in [1.165, 1.54) is 35.4 Å². The predicted octanol–water partition coefficient (Wildman–Crippen LogP) is 0.480. The second-order valence-corrected chi connectivity index (χ2v) is 7.39. The quantitative estimate of drug-likeness (QED) is 0.604. The lowest BCUT2D eigenvalue weighted by atomic mass is 9.87. The minimum atomic E-state index is -1.55. The van der Waals surface area contributed by atoms with Crippen molar-refractivity contribution in [2.24, 2.45) is 14.1 Å². The highest BCUT2D eigenvalue weighted by molar-refractivity contribution is 5.90. The van der Waals surface area contributed by atoms with Crippen molar-refractivity contribution in [3.63, 3.8) is 0 Å². The Hall–Kier alpha value is -2.84. The van der Waals surface area contributed by atoms with Gasteiger partial charge in [-0.05, 0) is 39.8 Å². The van der Waals surface area contributed by atoms with Gasteiger partial charge in [-0.1, -0.05) is 0 Å². The molecule has 1 aromatic heterocycles. The third kappa shape index (κ3) is 3.96. The second-order valence-electron chi connectivity index (χ2n) is 7.39. The van der Waals surface area contributed by atoms with Gasteiger partial charge in [-0.2, -0.15) is 0 Å². The summed E-state index contributed by atoms with van der Waals surface area (Å²) >= 11 is 0. The van der Waals surface area contributed by atoms with E-state index in [1.807, 2.05) is 0 Å². The molecule has 0 spiro atoms. The molecular weight excluding hydrogens is 354 g/mol. The van der Waals surface area contributed by atoms with Crippen molar-refractivity contribution in [3.05, 3.63) is 38.2 Å². The summed E-state index contributed by atoms with van der Waals surface area (Å²) in [6, 6.07) is 0. The van der Waals surface area contributed by atoms with Crippen LogP contribution in [0.15, 0.2) is 15.7 Å². The maximum Gasteiger partial charge on any atom is 0.408 e. The molecule has 1 aromatic rings. The van der Waals surface area contributed by atoms with Crippen LogP contribution < -0.4 is 16.4 Å². The van der Waals surface area contributed by atoms with E-state index in [0.29, 0.717) is 11.4 Å². The highest BCUT2D eigenvalue weighted by Crippen LogP contribution is 2.26. The minimum absolute atomic E-state index is 0.0588. The van der Waals surface area contributed by atoms with E-state index in [0.717, 1.165) is 0 Å². The van der Waals surface area contributed by atoms with Crippen molar-refractivity contribution < 1.29 is 19.1 Å². The van der Waals surface area contributed by atoms with Gasteiger partial charge < -0.3 is 23.9 Å². The number of fused-ring (bicyclic) bond motifs is 1. The monoisotopic (exact) mass is 379 g/mol. The van der Waals surface area contributed by atoms with Gasteiger partial charge in [0, 0.05) is 26.2 Å². The van der Waals surface area contributed by atoms with E-state index < -0.39 is 34.3 Å². The van der Waals surface area contributed by atoms with E-state index in [9.17, 15) is 19.2 Å². The predicted molar refractivity (Wildman–Crippen MR) is 98.4 cm³/mol. The van der Waals surface area contributed by atoms with Gasteiger partial charge in [-0.3, -0.25) is 9.59 Å². The summed E-state index contributed by atoms with van der Waals surface area (Å²) in [6.07, 6.45) is 2.13. The summed E-state index contributed by atoms with van der Waals surface area (Å²) < 4.78 is 12.8. The Balaban J connectivity index is 2.54. The highest BCUT2D eigenvalue weighted by Gasteiger charge is 2.44. The minimum Gasteiger partial charge on any atom is -0.464 e. The van der Waals surface area contributed by atoms with Crippen molar-refractivity contribution in [1.29, 1.82) is 0 Å². The van der Waals surface area contributed by atoms with Crippen LogP contribution in [0.25, 0.3) is 6.08 Å². The normalized spacial score (nSPS) is 18.6. The Morgan fingerprint density at radius 3 is 2.33 bits per heavy atom. The number of rotatable bonds is 3. The number of carbonyl (C=O) groups excluding carboxylic acids is 2. The lowest BCUT2D eigenvalue weighted by molar-refractivity contribution is -0.149. The smallest absolute Gasteiger partial charge is 0.408 e. The molecule has 0 aliphatic heterocycles. The first-order valence-electron chi connectivity index (χ1n) is 8.58. The maximum atomic E-state index is 12.7. The molecule has 1 atom stereocenters. The zero-order valence-electron chi connectivity index (χ0n) is 16.4. The van der Waals surface area contributed by atoms with Crippen LogP contribution in [0.5, 0.6) is 0 Å². The van der Waals surface area contributed by atoms with Gasteiger partial charge in [0.05, 0.1) is 12.3 Å².